The second kappa shape index (κ2) is 3.46. The highest BCUT2D eigenvalue weighted by atomic mass is 19.1. The Morgan fingerprint density at radius 3 is 2.71 bits per heavy atom. The van der Waals surface area contributed by atoms with Gasteiger partial charge in [0.2, 0.25) is 0 Å². The number of nitrogen functional groups attached to an aromatic ring is 1. The summed E-state index contributed by atoms with van der Waals surface area (Å²) in [6.07, 6.45) is 1.62. The Bertz CT molecular complexity index is 440. The number of benzene rings is 1. The smallest absolute Gasteiger partial charge is 0.132 e. The second-order valence-corrected chi connectivity index (χ2v) is 2.95. The first kappa shape index (κ1) is 8.69. The zero-order chi connectivity index (χ0) is 9.97. The number of nitrogens with zero attached hydrogens (tertiary/aromatic N) is 1. The molecule has 0 fully saturated rings. The molecule has 0 amide bonds. The predicted molar refractivity (Wildman–Crippen MR) is 54.0 cm³/mol. The molecule has 14 heavy (non-hydrogen) atoms. The van der Waals surface area contributed by atoms with Gasteiger partial charge in [-0.2, -0.15) is 0 Å². The van der Waals surface area contributed by atoms with Crippen molar-refractivity contribution >= 4 is 5.69 Å². The van der Waals surface area contributed by atoms with Gasteiger partial charge in [-0.25, -0.2) is 4.39 Å². The summed E-state index contributed by atoms with van der Waals surface area (Å²) in [7, 11) is 0. The van der Waals surface area contributed by atoms with Gasteiger partial charge in [0.25, 0.3) is 0 Å². The van der Waals surface area contributed by atoms with Crippen LogP contribution in [0, 0.1) is 5.82 Å². The van der Waals surface area contributed by atoms with Crippen LogP contribution in [0.25, 0.3) is 11.3 Å². The zero-order valence-corrected chi connectivity index (χ0v) is 7.44. The van der Waals surface area contributed by atoms with E-state index in [1.165, 1.54) is 12.1 Å². The van der Waals surface area contributed by atoms with Crippen molar-refractivity contribution in [1.82, 2.24) is 4.98 Å². The van der Waals surface area contributed by atoms with Crippen molar-refractivity contribution in [2.75, 3.05) is 5.73 Å². The molecule has 2 N–H and O–H groups in total. The standard InChI is InChI=1S/C11H9FN2/c12-10-5-4-8(13)7-9(10)11-3-1-2-6-14-11/h1-7H,13H2. The normalized spacial score (nSPS) is 10.1. The molecule has 70 valence electrons. The van der Waals surface area contributed by atoms with Gasteiger partial charge in [-0.15, -0.1) is 0 Å². The Kier molecular flexibility index (Phi) is 2.14. The van der Waals surface area contributed by atoms with E-state index in [2.05, 4.69) is 4.98 Å². The Morgan fingerprint density at radius 1 is 1.14 bits per heavy atom. The van der Waals surface area contributed by atoms with Crippen LogP contribution in [0.5, 0.6) is 0 Å². The van der Waals surface area contributed by atoms with Gasteiger partial charge in [-0.3, -0.25) is 4.98 Å². The number of hydrogen-bond donors (Lipinski definition) is 1. The van der Waals surface area contributed by atoms with Crippen molar-refractivity contribution in [3.63, 3.8) is 0 Å². The lowest BCUT2D eigenvalue weighted by atomic mass is 10.1. The van der Waals surface area contributed by atoms with Gasteiger partial charge < -0.3 is 5.73 Å². The van der Waals surface area contributed by atoms with Crippen LogP contribution in [-0.4, -0.2) is 4.98 Å². The molecule has 0 bridgehead atoms. The Hall–Kier alpha value is -1.90. The first-order valence-corrected chi connectivity index (χ1v) is 4.24. The molecule has 0 saturated heterocycles. The van der Waals surface area contributed by atoms with E-state index >= 15 is 0 Å². The lowest BCUT2D eigenvalue weighted by Crippen LogP contribution is -1.90. The molecule has 0 unspecified atom stereocenters. The summed E-state index contributed by atoms with van der Waals surface area (Å²) in [5, 5.41) is 0. The molecule has 3 heteroatoms. The molecule has 1 aromatic heterocycles. The summed E-state index contributed by atoms with van der Waals surface area (Å²) < 4.78 is 13.4. The summed E-state index contributed by atoms with van der Waals surface area (Å²) in [4.78, 5) is 4.06. The van der Waals surface area contributed by atoms with Crippen LogP contribution < -0.4 is 5.73 Å². The van der Waals surface area contributed by atoms with E-state index in [1.807, 2.05) is 6.07 Å². The molecule has 0 aliphatic heterocycles. The SMILES string of the molecule is Nc1ccc(F)c(-c2ccccn2)c1. The van der Waals surface area contributed by atoms with E-state index in [-0.39, 0.29) is 5.82 Å². The molecule has 2 nitrogen and oxygen atoms in total. The van der Waals surface area contributed by atoms with Gasteiger partial charge in [0.15, 0.2) is 0 Å². The van der Waals surface area contributed by atoms with Crippen molar-refractivity contribution in [3.05, 3.63) is 48.4 Å². The van der Waals surface area contributed by atoms with Gasteiger partial charge in [0.05, 0.1) is 5.69 Å². The first-order chi connectivity index (χ1) is 6.77. The highest BCUT2D eigenvalue weighted by Crippen LogP contribution is 2.22. The lowest BCUT2D eigenvalue weighted by Gasteiger charge is -2.02. The Labute approximate surface area is 81.2 Å². The number of rotatable bonds is 1. The molecule has 2 rings (SSSR count). The number of anilines is 1. The molecular formula is C11H9FN2. The maximum absolute atomic E-state index is 13.4. The highest BCUT2D eigenvalue weighted by Gasteiger charge is 2.05. The number of nitrogens with two attached hydrogens (primary N) is 1. The second-order valence-electron chi connectivity index (χ2n) is 2.95. The molecule has 0 aliphatic carbocycles. The topological polar surface area (TPSA) is 38.9 Å². The fraction of sp³-hybridized carbons (Fsp3) is 0. The minimum absolute atomic E-state index is 0.307. The molecule has 0 radical (unpaired) electrons. The molecule has 0 spiro atoms. The van der Waals surface area contributed by atoms with Crippen molar-refractivity contribution in [2.24, 2.45) is 0 Å². The van der Waals surface area contributed by atoms with Gasteiger partial charge in [-0.1, -0.05) is 6.07 Å². The number of pyridine rings is 1. The van der Waals surface area contributed by atoms with Gasteiger partial charge in [-0.05, 0) is 30.3 Å². The van der Waals surface area contributed by atoms with Gasteiger partial charge in [0, 0.05) is 17.4 Å². The summed E-state index contributed by atoms with van der Waals surface area (Å²) in [5.74, 6) is -0.307. The number of aromatic nitrogens is 1. The maximum atomic E-state index is 13.4. The number of halogens is 1. The van der Waals surface area contributed by atoms with E-state index in [9.17, 15) is 4.39 Å². The molecule has 1 heterocycles. The number of hydrogen-bond acceptors (Lipinski definition) is 2. The average molecular weight is 188 g/mol. The van der Waals surface area contributed by atoms with Crippen molar-refractivity contribution in [3.8, 4) is 11.3 Å². The van der Waals surface area contributed by atoms with E-state index in [0.29, 0.717) is 16.9 Å². The van der Waals surface area contributed by atoms with Crippen LogP contribution >= 0.6 is 0 Å². The van der Waals surface area contributed by atoms with Crippen LogP contribution in [0.1, 0.15) is 0 Å². The summed E-state index contributed by atoms with van der Waals surface area (Å²) in [6, 6.07) is 9.80. The fourth-order valence-electron chi connectivity index (χ4n) is 1.26. The minimum Gasteiger partial charge on any atom is -0.399 e. The largest absolute Gasteiger partial charge is 0.399 e. The van der Waals surface area contributed by atoms with Crippen LogP contribution in [-0.2, 0) is 0 Å². The van der Waals surface area contributed by atoms with Crippen LogP contribution in [0.15, 0.2) is 42.6 Å². The molecular weight excluding hydrogens is 179 g/mol. The maximum Gasteiger partial charge on any atom is 0.132 e. The molecule has 0 atom stereocenters. The Morgan fingerprint density at radius 2 is 2.00 bits per heavy atom. The third-order valence-electron chi connectivity index (χ3n) is 1.93. The van der Waals surface area contributed by atoms with E-state index in [4.69, 9.17) is 5.73 Å². The third kappa shape index (κ3) is 1.57. The molecule has 0 saturated carbocycles. The minimum atomic E-state index is -0.307. The average Bonchev–Trinajstić information content (AvgIpc) is 2.23. The predicted octanol–water partition coefficient (Wildman–Crippen LogP) is 2.47. The molecule has 2 aromatic rings. The van der Waals surface area contributed by atoms with Gasteiger partial charge in [0.1, 0.15) is 5.82 Å². The fourth-order valence-corrected chi connectivity index (χ4v) is 1.26. The van der Waals surface area contributed by atoms with Crippen molar-refractivity contribution in [1.29, 1.82) is 0 Å². The third-order valence-corrected chi connectivity index (χ3v) is 1.93. The van der Waals surface area contributed by atoms with Crippen LogP contribution in [0.2, 0.25) is 0 Å². The summed E-state index contributed by atoms with van der Waals surface area (Å²) in [6.45, 7) is 0. The monoisotopic (exact) mass is 188 g/mol. The van der Waals surface area contributed by atoms with E-state index < -0.39 is 0 Å². The van der Waals surface area contributed by atoms with Crippen LogP contribution in [0.3, 0.4) is 0 Å². The molecule has 1 aromatic carbocycles. The quantitative estimate of drug-likeness (QED) is 0.698. The van der Waals surface area contributed by atoms with Crippen molar-refractivity contribution in [2.45, 2.75) is 0 Å². The highest BCUT2D eigenvalue weighted by molar-refractivity contribution is 5.64. The van der Waals surface area contributed by atoms with E-state index in [1.54, 1.807) is 24.4 Å². The van der Waals surface area contributed by atoms with Crippen LogP contribution in [0.4, 0.5) is 10.1 Å². The van der Waals surface area contributed by atoms with Gasteiger partial charge >= 0.3 is 0 Å². The lowest BCUT2D eigenvalue weighted by molar-refractivity contribution is 0.631. The summed E-state index contributed by atoms with van der Waals surface area (Å²) in [5.41, 5.74) is 7.14. The zero-order valence-electron chi connectivity index (χ0n) is 7.44. The van der Waals surface area contributed by atoms with E-state index in [0.717, 1.165) is 0 Å². The Balaban J connectivity index is 2.57. The summed E-state index contributed by atoms with van der Waals surface area (Å²) >= 11 is 0. The molecule has 0 aliphatic rings. The first-order valence-electron chi connectivity index (χ1n) is 4.24. The van der Waals surface area contributed by atoms with Crippen molar-refractivity contribution < 1.29 is 4.39 Å².